The monoisotopic (exact) mass is 409 g/mol. The molecule has 6 heteroatoms. The van der Waals surface area contributed by atoms with Crippen molar-refractivity contribution in [2.45, 2.75) is 43.2 Å². The lowest BCUT2D eigenvalue weighted by molar-refractivity contribution is -0.129. The first-order valence-corrected chi connectivity index (χ1v) is 11.0. The van der Waals surface area contributed by atoms with Crippen LogP contribution in [0, 0.1) is 5.82 Å². The molecule has 0 unspecified atom stereocenters. The van der Waals surface area contributed by atoms with Crippen molar-refractivity contribution in [3.8, 4) is 11.3 Å². The highest BCUT2D eigenvalue weighted by atomic mass is 32.2. The Hall–Kier alpha value is -2.47. The van der Waals surface area contributed by atoms with Crippen LogP contribution in [0.3, 0.4) is 0 Å². The maximum Gasteiger partial charge on any atom is 0.232 e. The van der Waals surface area contributed by atoms with Crippen LogP contribution in [0.2, 0.25) is 0 Å². The minimum absolute atomic E-state index is 0.135. The Morgan fingerprint density at radius 2 is 1.72 bits per heavy atom. The molecule has 150 valence electrons. The lowest BCUT2D eigenvalue weighted by Crippen LogP contribution is -2.39. The molecule has 0 bridgehead atoms. The third kappa shape index (κ3) is 4.42. The second-order valence-corrected chi connectivity index (χ2v) is 8.46. The molecular weight excluding hydrogens is 385 g/mol. The molecule has 0 N–H and O–H groups in total. The van der Waals surface area contributed by atoms with Gasteiger partial charge in [0, 0.05) is 29.4 Å². The van der Waals surface area contributed by atoms with E-state index in [1.54, 1.807) is 12.1 Å². The van der Waals surface area contributed by atoms with Crippen molar-refractivity contribution in [2.75, 3.05) is 12.8 Å². The molecule has 4 rings (SSSR count). The van der Waals surface area contributed by atoms with Gasteiger partial charge in [0.2, 0.25) is 5.91 Å². The smallest absolute Gasteiger partial charge is 0.232 e. The summed E-state index contributed by atoms with van der Waals surface area (Å²) in [5.41, 5.74) is 1.54. The number of carbonyl (C=O) groups is 1. The molecule has 3 aromatic rings. The maximum atomic E-state index is 13.3. The van der Waals surface area contributed by atoms with Gasteiger partial charge in [-0.3, -0.25) is 4.79 Å². The molecule has 1 aliphatic rings. The number of hydrogen-bond acceptors (Lipinski definition) is 4. The van der Waals surface area contributed by atoms with Crippen LogP contribution in [-0.2, 0) is 4.79 Å². The van der Waals surface area contributed by atoms with Crippen LogP contribution in [0.5, 0.6) is 0 Å². The van der Waals surface area contributed by atoms with Crippen molar-refractivity contribution in [1.29, 1.82) is 0 Å². The van der Waals surface area contributed by atoms with Crippen molar-refractivity contribution in [1.82, 2.24) is 15.1 Å². The van der Waals surface area contributed by atoms with Gasteiger partial charge in [-0.15, -0.1) is 10.2 Å². The molecule has 1 amide bonds. The number of halogens is 1. The summed E-state index contributed by atoms with van der Waals surface area (Å²) in [5, 5.41) is 11.5. The van der Waals surface area contributed by atoms with Gasteiger partial charge in [0.25, 0.3) is 0 Å². The van der Waals surface area contributed by atoms with Gasteiger partial charge in [-0.25, -0.2) is 4.39 Å². The fourth-order valence-electron chi connectivity index (χ4n) is 3.91. The van der Waals surface area contributed by atoms with Gasteiger partial charge in [0.15, 0.2) is 0 Å². The molecular formula is C23H24FN3OS. The van der Waals surface area contributed by atoms with E-state index in [0.29, 0.717) is 11.8 Å². The Labute approximate surface area is 174 Å². The molecule has 0 spiro atoms. The number of carbonyl (C=O) groups excluding carboxylic acids is 1. The quantitative estimate of drug-likeness (QED) is 0.535. The van der Waals surface area contributed by atoms with Gasteiger partial charge in [-0.1, -0.05) is 55.3 Å². The van der Waals surface area contributed by atoms with E-state index < -0.39 is 0 Å². The summed E-state index contributed by atoms with van der Waals surface area (Å²) in [6, 6.07) is 14.5. The standard InChI is InChI=1S/C23H24FN3OS/c1-27(18-7-3-2-4-8-18)21(28)15-29-23-20-10-6-5-9-19(20)22(25-26-23)16-11-13-17(24)14-12-16/h5-6,9-14,18H,2-4,7-8,15H2,1H3. The molecule has 0 aliphatic heterocycles. The number of rotatable bonds is 5. The molecule has 0 saturated heterocycles. The first kappa shape index (κ1) is 19.8. The summed E-state index contributed by atoms with van der Waals surface area (Å²) in [6.45, 7) is 0. The normalized spacial score (nSPS) is 14.8. The zero-order valence-corrected chi connectivity index (χ0v) is 17.3. The minimum atomic E-state index is -0.279. The topological polar surface area (TPSA) is 46.1 Å². The van der Waals surface area contributed by atoms with Crippen LogP contribution in [-0.4, -0.2) is 39.8 Å². The molecule has 2 aromatic carbocycles. The Morgan fingerprint density at radius 1 is 1.03 bits per heavy atom. The molecule has 1 aromatic heterocycles. The van der Waals surface area contributed by atoms with Gasteiger partial charge in [0.1, 0.15) is 16.5 Å². The Morgan fingerprint density at radius 3 is 2.45 bits per heavy atom. The Bertz CT molecular complexity index is 1000. The van der Waals surface area contributed by atoms with E-state index in [4.69, 9.17) is 0 Å². The fourth-order valence-corrected chi connectivity index (χ4v) is 4.81. The van der Waals surface area contributed by atoms with Crippen molar-refractivity contribution in [3.63, 3.8) is 0 Å². The number of amides is 1. The molecule has 1 fully saturated rings. The summed E-state index contributed by atoms with van der Waals surface area (Å²) in [6.07, 6.45) is 5.88. The number of fused-ring (bicyclic) bond motifs is 1. The highest BCUT2D eigenvalue weighted by Gasteiger charge is 2.22. The minimum Gasteiger partial charge on any atom is -0.342 e. The van der Waals surface area contributed by atoms with E-state index in [9.17, 15) is 9.18 Å². The van der Waals surface area contributed by atoms with E-state index in [0.717, 1.165) is 39.9 Å². The zero-order valence-electron chi connectivity index (χ0n) is 16.5. The summed E-state index contributed by atoms with van der Waals surface area (Å²) in [7, 11) is 1.92. The van der Waals surface area contributed by atoms with Crippen molar-refractivity contribution >= 4 is 28.4 Å². The molecule has 1 saturated carbocycles. The molecule has 0 atom stereocenters. The number of aromatic nitrogens is 2. The summed E-state index contributed by atoms with van der Waals surface area (Å²) in [5.74, 6) is 0.205. The van der Waals surface area contributed by atoms with E-state index in [2.05, 4.69) is 10.2 Å². The van der Waals surface area contributed by atoms with Crippen LogP contribution in [0.15, 0.2) is 53.6 Å². The first-order valence-electron chi connectivity index (χ1n) is 10.0. The highest BCUT2D eigenvalue weighted by molar-refractivity contribution is 8.00. The number of thioether (sulfide) groups is 1. The van der Waals surface area contributed by atoms with Crippen LogP contribution in [0.4, 0.5) is 4.39 Å². The van der Waals surface area contributed by atoms with Gasteiger partial charge in [-0.2, -0.15) is 0 Å². The molecule has 0 radical (unpaired) electrons. The molecule has 1 aliphatic carbocycles. The Kier molecular flexibility index (Phi) is 6.09. The zero-order chi connectivity index (χ0) is 20.2. The van der Waals surface area contributed by atoms with Crippen molar-refractivity contribution in [3.05, 3.63) is 54.3 Å². The first-order chi connectivity index (χ1) is 14.1. The number of benzene rings is 2. The van der Waals surface area contributed by atoms with Crippen molar-refractivity contribution < 1.29 is 9.18 Å². The van der Waals surface area contributed by atoms with E-state index in [1.807, 2.05) is 36.2 Å². The maximum absolute atomic E-state index is 13.3. The van der Waals surface area contributed by atoms with Crippen LogP contribution < -0.4 is 0 Å². The summed E-state index contributed by atoms with van der Waals surface area (Å²) >= 11 is 1.43. The number of nitrogens with zero attached hydrogens (tertiary/aromatic N) is 3. The molecule has 4 nitrogen and oxygen atoms in total. The average molecular weight is 410 g/mol. The van der Waals surface area contributed by atoms with Crippen molar-refractivity contribution in [2.24, 2.45) is 0 Å². The molecule has 29 heavy (non-hydrogen) atoms. The predicted octanol–water partition coefficient (Wildman–Crippen LogP) is 5.32. The largest absolute Gasteiger partial charge is 0.342 e. The van der Waals surface area contributed by atoms with Gasteiger partial charge in [-0.05, 0) is 37.1 Å². The third-order valence-corrected chi connectivity index (χ3v) is 6.59. The second-order valence-electron chi connectivity index (χ2n) is 7.49. The average Bonchev–Trinajstić information content (AvgIpc) is 2.78. The van der Waals surface area contributed by atoms with Crippen LogP contribution >= 0.6 is 11.8 Å². The lowest BCUT2D eigenvalue weighted by Gasteiger charge is -2.31. The van der Waals surface area contributed by atoms with Gasteiger partial charge in [0.05, 0.1) is 5.75 Å². The van der Waals surface area contributed by atoms with Crippen LogP contribution in [0.1, 0.15) is 32.1 Å². The SMILES string of the molecule is CN(C(=O)CSc1nnc(-c2ccc(F)cc2)c2ccccc12)C1CCCCC1. The summed E-state index contributed by atoms with van der Waals surface area (Å²) in [4.78, 5) is 14.6. The third-order valence-electron chi connectivity index (χ3n) is 5.62. The second kappa shape index (κ2) is 8.91. The van der Waals surface area contributed by atoms with Gasteiger partial charge < -0.3 is 4.90 Å². The highest BCUT2D eigenvalue weighted by Crippen LogP contribution is 2.32. The predicted molar refractivity (Wildman–Crippen MR) is 115 cm³/mol. The number of hydrogen-bond donors (Lipinski definition) is 0. The molecule has 1 heterocycles. The van der Waals surface area contributed by atoms with E-state index in [1.165, 1.54) is 43.2 Å². The van der Waals surface area contributed by atoms with Gasteiger partial charge >= 0.3 is 0 Å². The van der Waals surface area contributed by atoms with E-state index >= 15 is 0 Å². The van der Waals surface area contributed by atoms with Crippen LogP contribution in [0.25, 0.3) is 22.0 Å². The lowest BCUT2D eigenvalue weighted by atomic mass is 9.94. The summed E-state index contributed by atoms with van der Waals surface area (Å²) < 4.78 is 13.3. The fraction of sp³-hybridized carbons (Fsp3) is 0.348. The van der Waals surface area contributed by atoms with E-state index in [-0.39, 0.29) is 11.7 Å². The Balaban J connectivity index is 1.54.